The average molecular weight is 431 g/mol. The highest BCUT2D eigenvalue weighted by Crippen LogP contribution is 2.25. The van der Waals surface area contributed by atoms with Gasteiger partial charge in [-0.2, -0.15) is 5.10 Å². The first-order chi connectivity index (χ1) is 13.0. The number of primary amides is 1. The Bertz CT molecular complexity index is 886. The molecule has 0 spiro atoms. The number of carbonyl (C=O) groups is 2. The molecule has 0 saturated carbocycles. The third kappa shape index (κ3) is 4.28. The Morgan fingerprint density at radius 3 is 2.70 bits per heavy atom. The molecule has 0 radical (unpaired) electrons. The number of benzene rings is 2. The summed E-state index contributed by atoms with van der Waals surface area (Å²) >= 11 is 3.41. The molecule has 1 heterocycles. The zero-order valence-corrected chi connectivity index (χ0v) is 16.3. The minimum absolute atomic E-state index is 0.158. The van der Waals surface area contributed by atoms with Crippen LogP contribution in [-0.2, 0) is 16.1 Å². The van der Waals surface area contributed by atoms with Crippen molar-refractivity contribution in [1.82, 2.24) is 5.32 Å². The molecule has 1 aliphatic rings. The van der Waals surface area contributed by atoms with Crippen LogP contribution >= 0.6 is 15.9 Å². The van der Waals surface area contributed by atoms with Gasteiger partial charge in [0, 0.05) is 23.0 Å². The van der Waals surface area contributed by atoms with Gasteiger partial charge >= 0.3 is 0 Å². The number of anilines is 1. The first-order valence-electron chi connectivity index (χ1n) is 8.31. The fourth-order valence-electron chi connectivity index (χ4n) is 2.85. The smallest absolute Gasteiger partial charge is 0.267 e. The first-order valence-corrected chi connectivity index (χ1v) is 9.10. The molecule has 8 heteroatoms. The SMILES string of the molecule is COc1ccc(Br)cc1CNC(=O)C1=NN(c2ccccc2)C(C(N)=O)C1. The molecule has 0 fully saturated rings. The van der Waals surface area contributed by atoms with E-state index in [0.717, 1.165) is 10.0 Å². The molecule has 3 N–H and O–H groups in total. The van der Waals surface area contributed by atoms with E-state index >= 15 is 0 Å². The van der Waals surface area contributed by atoms with Crippen LogP contribution in [0.2, 0.25) is 0 Å². The van der Waals surface area contributed by atoms with Gasteiger partial charge in [0.2, 0.25) is 5.91 Å². The molecule has 2 aromatic carbocycles. The molecule has 2 aromatic rings. The molecule has 140 valence electrons. The van der Waals surface area contributed by atoms with Crippen LogP contribution in [0, 0.1) is 0 Å². The van der Waals surface area contributed by atoms with Crippen molar-refractivity contribution in [2.45, 2.75) is 19.0 Å². The van der Waals surface area contributed by atoms with Crippen molar-refractivity contribution in [1.29, 1.82) is 0 Å². The van der Waals surface area contributed by atoms with E-state index in [9.17, 15) is 9.59 Å². The predicted octanol–water partition coefficient (Wildman–Crippen LogP) is 2.19. The Morgan fingerprint density at radius 2 is 2.04 bits per heavy atom. The molecule has 1 unspecified atom stereocenters. The Hall–Kier alpha value is -2.87. The summed E-state index contributed by atoms with van der Waals surface area (Å²) in [5, 5.41) is 8.65. The zero-order chi connectivity index (χ0) is 19.4. The van der Waals surface area contributed by atoms with Gasteiger partial charge in [0.1, 0.15) is 17.5 Å². The monoisotopic (exact) mass is 430 g/mol. The van der Waals surface area contributed by atoms with Crippen LogP contribution in [0.15, 0.2) is 58.1 Å². The maximum absolute atomic E-state index is 12.6. The van der Waals surface area contributed by atoms with Crippen LogP contribution in [0.3, 0.4) is 0 Å². The largest absolute Gasteiger partial charge is 0.496 e. The highest BCUT2D eigenvalue weighted by molar-refractivity contribution is 9.10. The highest BCUT2D eigenvalue weighted by Gasteiger charge is 2.34. The number of rotatable bonds is 6. The number of hydrogen-bond donors (Lipinski definition) is 2. The fraction of sp³-hybridized carbons (Fsp3) is 0.211. The quantitative estimate of drug-likeness (QED) is 0.733. The molecular formula is C19H19BrN4O3. The molecule has 7 nitrogen and oxygen atoms in total. The molecule has 3 rings (SSSR count). The normalized spacial score (nSPS) is 16.0. The summed E-state index contributed by atoms with van der Waals surface area (Å²) in [6.45, 7) is 0.271. The van der Waals surface area contributed by atoms with Gasteiger partial charge in [0.15, 0.2) is 0 Å². The number of nitrogens with one attached hydrogen (secondary N) is 1. The maximum atomic E-state index is 12.6. The number of carbonyl (C=O) groups excluding carboxylic acids is 2. The number of amides is 2. The van der Waals surface area contributed by atoms with Crippen molar-refractivity contribution in [3.8, 4) is 5.75 Å². The van der Waals surface area contributed by atoms with Crippen LogP contribution in [0.1, 0.15) is 12.0 Å². The van der Waals surface area contributed by atoms with Gasteiger partial charge in [-0.05, 0) is 30.3 Å². The van der Waals surface area contributed by atoms with Gasteiger partial charge in [-0.15, -0.1) is 0 Å². The molecule has 1 aliphatic heterocycles. The molecule has 0 saturated heterocycles. The van der Waals surface area contributed by atoms with Gasteiger partial charge in [-0.3, -0.25) is 14.6 Å². The Labute approximate surface area is 165 Å². The molecule has 1 atom stereocenters. The van der Waals surface area contributed by atoms with Crippen molar-refractivity contribution in [2.75, 3.05) is 12.1 Å². The lowest BCUT2D eigenvalue weighted by Crippen LogP contribution is -2.39. The van der Waals surface area contributed by atoms with Crippen LogP contribution in [0.4, 0.5) is 5.69 Å². The standard InChI is InChI=1S/C19H19BrN4O3/c1-27-17-8-7-13(20)9-12(17)11-22-19(26)15-10-16(18(21)25)24(23-15)14-5-3-2-4-6-14/h2-9,16H,10-11H2,1H3,(H2,21,25)(H,22,26). The van der Waals surface area contributed by atoms with Gasteiger partial charge in [-0.25, -0.2) is 0 Å². The average Bonchev–Trinajstić information content (AvgIpc) is 3.13. The molecule has 0 aromatic heterocycles. The summed E-state index contributed by atoms with van der Waals surface area (Å²) in [6, 6.07) is 14.0. The maximum Gasteiger partial charge on any atom is 0.267 e. The Kier molecular flexibility index (Phi) is 5.75. The summed E-state index contributed by atoms with van der Waals surface area (Å²) in [5.41, 5.74) is 7.29. The molecule has 0 bridgehead atoms. The summed E-state index contributed by atoms with van der Waals surface area (Å²) in [5.74, 6) is -0.200. The summed E-state index contributed by atoms with van der Waals surface area (Å²) < 4.78 is 6.19. The summed E-state index contributed by atoms with van der Waals surface area (Å²) in [7, 11) is 1.57. The number of para-hydroxylation sites is 1. The van der Waals surface area contributed by atoms with E-state index in [1.54, 1.807) is 7.11 Å². The van der Waals surface area contributed by atoms with E-state index < -0.39 is 11.9 Å². The second-order valence-electron chi connectivity index (χ2n) is 5.99. The number of hydrazone groups is 1. The van der Waals surface area contributed by atoms with Crippen molar-refractivity contribution >= 4 is 39.1 Å². The number of nitrogens with zero attached hydrogens (tertiary/aromatic N) is 2. The fourth-order valence-corrected chi connectivity index (χ4v) is 3.26. The minimum Gasteiger partial charge on any atom is -0.496 e. The highest BCUT2D eigenvalue weighted by atomic mass is 79.9. The predicted molar refractivity (Wildman–Crippen MR) is 106 cm³/mol. The zero-order valence-electron chi connectivity index (χ0n) is 14.7. The van der Waals surface area contributed by atoms with Gasteiger partial charge in [-0.1, -0.05) is 34.1 Å². The van der Waals surface area contributed by atoms with Crippen molar-refractivity contribution in [3.63, 3.8) is 0 Å². The lowest BCUT2D eigenvalue weighted by molar-refractivity contribution is -0.119. The lowest BCUT2D eigenvalue weighted by Gasteiger charge is -2.20. The van der Waals surface area contributed by atoms with E-state index in [4.69, 9.17) is 10.5 Å². The van der Waals surface area contributed by atoms with Crippen molar-refractivity contribution in [2.24, 2.45) is 10.8 Å². The first kappa shape index (κ1) is 18.9. The number of ether oxygens (including phenoxy) is 1. The third-order valence-corrected chi connectivity index (χ3v) is 4.70. The second kappa shape index (κ2) is 8.22. The van der Waals surface area contributed by atoms with E-state index in [1.807, 2.05) is 48.5 Å². The Balaban J connectivity index is 1.75. The second-order valence-corrected chi connectivity index (χ2v) is 6.90. The number of methoxy groups -OCH3 is 1. The van der Waals surface area contributed by atoms with Crippen molar-refractivity contribution in [3.05, 3.63) is 58.6 Å². The summed E-state index contributed by atoms with van der Waals surface area (Å²) in [4.78, 5) is 24.4. The van der Waals surface area contributed by atoms with Crippen molar-refractivity contribution < 1.29 is 14.3 Å². The minimum atomic E-state index is -0.687. The van der Waals surface area contributed by atoms with Gasteiger partial charge in [0.05, 0.1) is 12.8 Å². The third-order valence-electron chi connectivity index (χ3n) is 4.20. The van der Waals surface area contributed by atoms with E-state index in [1.165, 1.54) is 5.01 Å². The van der Waals surface area contributed by atoms with Gasteiger partial charge in [0.25, 0.3) is 5.91 Å². The van der Waals surface area contributed by atoms with Crippen LogP contribution < -0.4 is 20.8 Å². The van der Waals surface area contributed by atoms with E-state index in [-0.39, 0.29) is 24.6 Å². The molecule has 0 aliphatic carbocycles. The topological polar surface area (TPSA) is 97.0 Å². The Morgan fingerprint density at radius 1 is 1.30 bits per heavy atom. The molecular weight excluding hydrogens is 412 g/mol. The van der Waals surface area contributed by atoms with Crippen LogP contribution in [0.25, 0.3) is 0 Å². The lowest BCUT2D eigenvalue weighted by atomic mass is 10.1. The molecule has 27 heavy (non-hydrogen) atoms. The number of nitrogens with two attached hydrogens (primary N) is 1. The van der Waals surface area contributed by atoms with E-state index in [2.05, 4.69) is 26.3 Å². The molecule has 2 amide bonds. The van der Waals surface area contributed by atoms with Crippen LogP contribution in [0.5, 0.6) is 5.75 Å². The number of hydrogen-bond acceptors (Lipinski definition) is 5. The van der Waals surface area contributed by atoms with Crippen LogP contribution in [-0.4, -0.2) is 30.7 Å². The van der Waals surface area contributed by atoms with Gasteiger partial charge < -0.3 is 15.8 Å². The van der Waals surface area contributed by atoms with E-state index in [0.29, 0.717) is 11.4 Å². The summed E-state index contributed by atoms with van der Waals surface area (Å²) in [6.07, 6.45) is 0.158. The number of halogens is 1.